The predicted octanol–water partition coefficient (Wildman–Crippen LogP) is 1.23. The van der Waals surface area contributed by atoms with Crippen LogP contribution in [0.4, 0.5) is 0 Å². The molecule has 1 amide bonds. The van der Waals surface area contributed by atoms with Crippen LogP contribution in [0.5, 0.6) is 0 Å². The molecule has 0 aromatic carbocycles. The van der Waals surface area contributed by atoms with Gasteiger partial charge in [0.15, 0.2) is 0 Å². The van der Waals surface area contributed by atoms with Gasteiger partial charge in [-0.05, 0) is 12.8 Å². The molecule has 1 aliphatic carbocycles. The normalized spacial score (nSPS) is 16.2. The van der Waals surface area contributed by atoms with Gasteiger partial charge < -0.3 is 15.3 Å². The lowest BCUT2D eigenvalue weighted by molar-refractivity contribution is -0.146. The molecule has 0 saturated heterocycles. The second-order valence-corrected chi connectivity index (χ2v) is 5.21. The van der Waals surface area contributed by atoms with Gasteiger partial charge in [0.1, 0.15) is 6.54 Å². The minimum atomic E-state index is -0.924. The summed E-state index contributed by atoms with van der Waals surface area (Å²) in [5.74, 6) is -0.968. The van der Waals surface area contributed by atoms with Gasteiger partial charge in [-0.1, -0.05) is 26.7 Å². The van der Waals surface area contributed by atoms with Crippen molar-refractivity contribution in [3.63, 3.8) is 0 Å². The summed E-state index contributed by atoms with van der Waals surface area (Å²) in [4.78, 5) is 24.5. The largest absolute Gasteiger partial charge is 0.480 e. The van der Waals surface area contributed by atoms with E-state index in [-0.39, 0.29) is 18.5 Å². The second kappa shape index (κ2) is 7.36. The molecule has 0 aromatic heterocycles. The zero-order chi connectivity index (χ0) is 13.5. The van der Waals surface area contributed by atoms with Crippen molar-refractivity contribution in [2.45, 2.75) is 58.0 Å². The highest BCUT2D eigenvalue weighted by atomic mass is 16.4. The fourth-order valence-corrected chi connectivity index (χ4v) is 2.39. The van der Waals surface area contributed by atoms with Crippen LogP contribution in [0, 0.1) is 0 Å². The lowest BCUT2D eigenvalue weighted by atomic mass is 10.2. The second-order valence-electron chi connectivity index (χ2n) is 5.21. The van der Waals surface area contributed by atoms with Gasteiger partial charge in [0, 0.05) is 25.0 Å². The molecule has 1 saturated carbocycles. The fraction of sp³-hybridized carbons (Fsp3) is 0.846. The molecule has 1 fully saturated rings. The van der Waals surface area contributed by atoms with E-state index < -0.39 is 5.97 Å². The van der Waals surface area contributed by atoms with E-state index in [0.717, 1.165) is 25.7 Å². The molecule has 0 spiro atoms. The number of carbonyl (C=O) groups is 2. The van der Waals surface area contributed by atoms with Gasteiger partial charge in [-0.3, -0.25) is 9.59 Å². The van der Waals surface area contributed by atoms with E-state index in [9.17, 15) is 9.59 Å². The smallest absolute Gasteiger partial charge is 0.323 e. The van der Waals surface area contributed by atoms with E-state index in [1.165, 1.54) is 0 Å². The Bertz CT molecular complexity index is 286. The van der Waals surface area contributed by atoms with Crippen molar-refractivity contribution in [1.29, 1.82) is 0 Å². The maximum Gasteiger partial charge on any atom is 0.323 e. The number of carboxylic acids is 1. The number of carbonyl (C=O) groups excluding carboxylic acids is 1. The van der Waals surface area contributed by atoms with Crippen LogP contribution in [0.3, 0.4) is 0 Å². The molecule has 0 bridgehead atoms. The third-order valence-electron chi connectivity index (χ3n) is 3.28. The summed E-state index contributed by atoms with van der Waals surface area (Å²) < 4.78 is 0. The molecule has 1 rings (SSSR count). The Hall–Kier alpha value is -1.10. The van der Waals surface area contributed by atoms with Crippen LogP contribution in [0.15, 0.2) is 0 Å². The Morgan fingerprint density at radius 1 is 1.33 bits per heavy atom. The van der Waals surface area contributed by atoms with Crippen molar-refractivity contribution < 1.29 is 14.7 Å². The number of nitrogens with zero attached hydrogens (tertiary/aromatic N) is 1. The Kier molecular flexibility index (Phi) is 6.12. The highest BCUT2D eigenvalue weighted by Gasteiger charge is 2.27. The van der Waals surface area contributed by atoms with Crippen molar-refractivity contribution >= 4 is 11.9 Å². The molecular formula is C13H24N2O3. The van der Waals surface area contributed by atoms with Gasteiger partial charge in [0.05, 0.1) is 0 Å². The summed E-state index contributed by atoms with van der Waals surface area (Å²) >= 11 is 0. The Morgan fingerprint density at radius 2 is 1.94 bits per heavy atom. The molecule has 0 aromatic rings. The Morgan fingerprint density at radius 3 is 2.44 bits per heavy atom. The molecule has 0 aliphatic heterocycles. The van der Waals surface area contributed by atoms with Gasteiger partial charge in [-0.25, -0.2) is 0 Å². The van der Waals surface area contributed by atoms with Crippen LogP contribution in [0.2, 0.25) is 0 Å². The fourth-order valence-electron chi connectivity index (χ4n) is 2.39. The van der Waals surface area contributed by atoms with E-state index in [4.69, 9.17) is 5.11 Å². The van der Waals surface area contributed by atoms with Crippen molar-refractivity contribution in [2.24, 2.45) is 0 Å². The Labute approximate surface area is 109 Å². The van der Waals surface area contributed by atoms with Crippen molar-refractivity contribution in [1.82, 2.24) is 10.2 Å². The first-order chi connectivity index (χ1) is 8.50. The number of hydrogen-bond acceptors (Lipinski definition) is 3. The van der Waals surface area contributed by atoms with E-state index in [0.29, 0.717) is 19.0 Å². The number of aliphatic carboxylic acids is 1. The quantitative estimate of drug-likeness (QED) is 0.719. The highest BCUT2D eigenvalue weighted by Crippen LogP contribution is 2.23. The minimum Gasteiger partial charge on any atom is -0.480 e. The first-order valence-corrected chi connectivity index (χ1v) is 6.75. The Balaban J connectivity index is 2.47. The molecule has 18 heavy (non-hydrogen) atoms. The monoisotopic (exact) mass is 256 g/mol. The molecule has 0 atom stereocenters. The van der Waals surface area contributed by atoms with E-state index in [1.807, 2.05) is 13.8 Å². The van der Waals surface area contributed by atoms with Gasteiger partial charge in [0.25, 0.3) is 0 Å². The average molecular weight is 256 g/mol. The summed E-state index contributed by atoms with van der Waals surface area (Å²) in [5.41, 5.74) is 0. The summed E-state index contributed by atoms with van der Waals surface area (Å²) in [6, 6.07) is 0.477. The number of nitrogens with one attached hydrogen (secondary N) is 1. The van der Waals surface area contributed by atoms with E-state index in [2.05, 4.69) is 5.32 Å². The lowest BCUT2D eigenvalue weighted by Crippen LogP contribution is -2.43. The SMILES string of the molecule is CC(C)NCCC(=O)N(CC(=O)O)C1CCCC1. The van der Waals surface area contributed by atoms with Crippen molar-refractivity contribution in [2.75, 3.05) is 13.1 Å². The molecule has 5 heteroatoms. The number of amides is 1. The molecule has 5 nitrogen and oxygen atoms in total. The molecule has 0 radical (unpaired) electrons. The zero-order valence-electron chi connectivity index (χ0n) is 11.3. The number of rotatable bonds is 7. The molecule has 2 N–H and O–H groups in total. The van der Waals surface area contributed by atoms with Gasteiger partial charge in [-0.15, -0.1) is 0 Å². The summed E-state index contributed by atoms with van der Waals surface area (Å²) in [6.07, 6.45) is 4.45. The summed E-state index contributed by atoms with van der Waals surface area (Å²) in [6.45, 7) is 4.50. The third-order valence-corrected chi connectivity index (χ3v) is 3.28. The maximum atomic E-state index is 12.1. The van der Waals surface area contributed by atoms with Gasteiger partial charge in [0.2, 0.25) is 5.91 Å². The topological polar surface area (TPSA) is 69.6 Å². The van der Waals surface area contributed by atoms with Crippen LogP contribution in [0.25, 0.3) is 0 Å². The van der Waals surface area contributed by atoms with Crippen LogP contribution in [-0.2, 0) is 9.59 Å². The first kappa shape index (κ1) is 15.0. The van der Waals surface area contributed by atoms with Crippen LogP contribution in [-0.4, -0.2) is 47.1 Å². The summed E-state index contributed by atoms with van der Waals surface area (Å²) in [5, 5.41) is 12.1. The molecule has 0 unspecified atom stereocenters. The zero-order valence-corrected chi connectivity index (χ0v) is 11.3. The van der Waals surface area contributed by atoms with E-state index >= 15 is 0 Å². The number of hydrogen-bond donors (Lipinski definition) is 2. The summed E-state index contributed by atoms with van der Waals surface area (Å²) in [7, 11) is 0. The minimum absolute atomic E-state index is 0.0440. The standard InChI is InChI=1S/C13H24N2O3/c1-10(2)14-8-7-12(16)15(9-13(17)18)11-5-3-4-6-11/h10-11,14H,3-9H2,1-2H3,(H,17,18). The van der Waals surface area contributed by atoms with Gasteiger partial charge >= 0.3 is 5.97 Å². The maximum absolute atomic E-state index is 12.1. The predicted molar refractivity (Wildman–Crippen MR) is 69.4 cm³/mol. The first-order valence-electron chi connectivity index (χ1n) is 6.75. The van der Waals surface area contributed by atoms with Crippen molar-refractivity contribution in [3.05, 3.63) is 0 Å². The van der Waals surface area contributed by atoms with Gasteiger partial charge in [-0.2, -0.15) is 0 Å². The highest BCUT2D eigenvalue weighted by molar-refractivity contribution is 5.81. The third kappa shape index (κ3) is 5.04. The van der Waals surface area contributed by atoms with Crippen LogP contribution in [0.1, 0.15) is 46.0 Å². The van der Waals surface area contributed by atoms with E-state index in [1.54, 1.807) is 4.90 Å². The average Bonchev–Trinajstić information content (AvgIpc) is 2.78. The number of carboxylic acid groups (broad SMARTS) is 1. The lowest BCUT2D eigenvalue weighted by Gasteiger charge is -2.27. The van der Waals surface area contributed by atoms with Crippen LogP contribution >= 0.6 is 0 Å². The van der Waals surface area contributed by atoms with Crippen molar-refractivity contribution in [3.8, 4) is 0 Å². The van der Waals surface area contributed by atoms with Crippen LogP contribution < -0.4 is 5.32 Å². The molecule has 0 heterocycles. The molecule has 104 valence electrons. The molecule has 1 aliphatic rings. The molecular weight excluding hydrogens is 232 g/mol.